The summed E-state index contributed by atoms with van der Waals surface area (Å²) >= 11 is 0. The van der Waals surface area contributed by atoms with E-state index in [1.807, 2.05) is 13.8 Å². The van der Waals surface area contributed by atoms with Crippen LogP contribution < -0.4 is 10.5 Å². The molecule has 10 heteroatoms. The Kier molecular flexibility index (Phi) is 7.18. The molecule has 29 heavy (non-hydrogen) atoms. The van der Waals surface area contributed by atoms with E-state index in [1.165, 1.54) is 23.1 Å². The second-order valence-electron chi connectivity index (χ2n) is 6.14. The van der Waals surface area contributed by atoms with E-state index >= 15 is 0 Å². The summed E-state index contributed by atoms with van der Waals surface area (Å²) in [5, 5.41) is 18.5. The number of carboxylic acid groups (broad SMARTS) is 2. The maximum Gasteiger partial charge on any atom is 0.410 e. The lowest BCUT2D eigenvalue weighted by Crippen LogP contribution is -2.34. The number of hydrogen-bond donors (Lipinski definition) is 2. The fraction of sp³-hybridized carbons (Fsp3) is 0.368. The Morgan fingerprint density at radius 3 is 2.21 bits per heavy atom. The van der Waals surface area contributed by atoms with E-state index in [1.54, 1.807) is 6.07 Å². The van der Waals surface area contributed by atoms with Gasteiger partial charge in [0.2, 0.25) is 0 Å². The number of aliphatic carboxylic acids is 2. The van der Waals surface area contributed by atoms with Gasteiger partial charge in [-0.2, -0.15) is 0 Å². The van der Waals surface area contributed by atoms with Crippen molar-refractivity contribution in [3.05, 3.63) is 40.2 Å². The number of carbonyl (C=O) groups is 3. The highest BCUT2D eigenvalue weighted by molar-refractivity contribution is 5.86. The van der Waals surface area contributed by atoms with Gasteiger partial charge in [0.25, 0.3) is 0 Å². The molecule has 2 aromatic rings. The maximum absolute atomic E-state index is 12.0. The van der Waals surface area contributed by atoms with Crippen LogP contribution in [0.5, 0.6) is 0 Å². The first-order valence-corrected chi connectivity index (χ1v) is 8.92. The molecule has 0 aliphatic heterocycles. The van der Waals surface area contributed by atoms with Crippen molar-refractivity contribution in [1.82, 2.24) is 4.90 Å². The lowest BCUT2D eigenvalue weighted by atomic mass is 10.1. The van der Waals surface area contributed by atoms with Gasteiger partial charge in [-0.25, -0.2) is 9.59 Å². The summed E-state index contributed by atoms with van der Waals surface area (Å²) in [4.78, 5) is 48.6. The molecule has 0 unspecified atom stereocenters. The van der Waals surface area contributed by atoms with Crippen molar-refractivity contribution in [2.75, 3.05) is 31.1 Å². The average Bonchev–Trinajstić information content (AvgIpc) is 2.65. The van der Waals surface area contributed by atoms with Crippen LogP contribution in [0, 0.1) is 0 Å². The minimum absolute atomic E-state index is 0.129. The Bertz CT molecular complexity index is 948. The number of anilines is 1. The second kappa shape index (κ2) is 9.58. The highest BCUT2D eigenvalue weighted by atomic mass is 16.6. The molecule has 0 atom stereocenters. The van der Waals surface area contributed by atoms with Gasteiger partial charge in [0.05, 0.1) is 0 Å². The Morgan fingerprint density at radius 1 is 1.03 bits per heavy atom. The van der Waals surface area contributed by atoms with Crippen molar-refractivity contribution in [2.45, 2.75) is 20.5 Å². The number of carboxylic acids is 2. The van der Waals surface area contributed by atoms with Gasteiger partial charge < -0.3 is 29.2 Å². The smallest absolute Gasteiger partial charge is 0.410 e. The van der Waals surface area contributed by atoms with Crippen molar-refractivity contribution in [3.63, 3.8) is 0 Å². The Labute approximate surface area is 165 Å². The Balaban J connectivity index is 2.36. The van der Waals surface area contributed by atoms with Gasteiger partial charge in [0.1, 0.15) is 25.3 Å². The molecule has 0 radical (unpaired) electrons. The van der Waals surface area contributed by atoms with Crippen LogP contribution in [0.1, 0.15) is 19.4 Å². The van der Waals surface area contributed by atoms with Gasteiger partial charge in [-0.1, -0.05) is 0 Å². The van der Waals surface area contributed by atoms with E-state index < -0.39 is 36.7 Å². The van der Waals surface area contributed by atoms with E-state index in [4.69, 9.17) is 19.4 Å². The maximum atomic E-state index is 12.0. The number of ether oxygens (including phenoxy) is 1. The van der Waals surface area contributed by atoms with E-state index in [0.29, 0.717) is 24.0 Å². The van der Waals surface area contributed by atoms with E-state index in [0.717, 1.165) is 4.90 Å². The van der Waals surface area contributed by atoms with Gasteiger partial charge in [-0.15, -0.1) is 0 Å². The first-order valence-electron chi connectivity index (χ1n) is 8.92. The number of rotatable bonds is 9. The van der Waals surface area contributed by atoms with Crippen molar-refractivity contribution in [2.24, 2.45) is 0 Å². The average molecular weight is 406 g/mol. The Hall–Kier alpha value is -3.56. The first kappa shape index (κ1) is 21.7. The first-order chi connectivity index (χ1) is 13.7. The molecule has 10 nitrogen and oxygen atoms in total. The van der Waals surface area contributed by atoms with Gasteiger partial charge >= 0.3 is 23.7 Å². The summed E-state index contributed by atoms with van der Waals surface area (Å²) in [5.41, 5.74) is 0.144. The quantitative estimate of drug-likeness (QED) is 0.596. The van der Waals surface area contributed by atoms with E-state index in [2.05, 4.69) is 0 Å². The number of amides is 1. The zero-order valence-corrected chi connectivity index (χ0v) is 16.1. The van der Waals surface area contributed by atoms with Crippen LogP contribution in [0.4, 0.5) is 10.5 Å². The number of benzene rings is 1. The summed E-state index contributed by atoms with van der Waals surface area (Å²) in [6, 6.07) is 5.68. The van der Waals surface area contributed by atoms with Gasteiger partial charge in [-0.05, 0) is 26.0 Å². The van der Waals surface area contributed by atoms with Gasteiger partial charge in [0.15, 0.2) is 0 Å². The van der Waals surface area contributed by atoms with E-state index in [-0.39, 0.29) is 17.9 Å². The fourth-order valence-electron chi connectivity index (χ4n) is 2.81. The molecule has 1 amide bonds. The molecule has 2 rings (SSSR count). The normalized spacial score (nSPS) is 10.6. The largest absolute Gasteiger partial charge is 0.480 e. The van der Waals surface area contributed by atoms with Crippen molar-refractivity contribution < 1.29 is 33.8 Å². The summed E-state index contributed by atoms with van der Waals surface area (Å²) in [6.45, 7) is 3.38. The zero-order chi connectivity index (χ0) is 21.6. The molecule has 156 valence electrons. The molecular formula is C19H22N2O8. The van der Waals surface area contributed by atoms with Crippen molar-refractivity contribution >= 4 is 34.7 Å². The molecule has 1 heterocycles. The van der Waals surface area contributed by atoms with Crippen molar-refractivity contribution in [1.29, 1.82) is 0 Å². The monoisotopic (exact) mass is 406 g/mol. The summed E-state index contributed by atoms with van der Waals surface area (Å²) in [7, 11) is 0. The summed E-state index contributed by atoms with van der Waals surface area (Å²) in [5.74, 6) is -2.41. The van der Waals surface area contributed by atoms with Crippen LogP contribution in [-0.2, 0) is 20.9 Å². The number of hydrogen-bond acceptors (Lipinski definition) is 7. The van der Waals surface area contributed by atoms with Crippen LogP contribution in [0.2, 0.25) is 0 Å². The number of carbonyl (C=O) groups excluding carboxylic acids is 1. The SMILES string of the molecule is CCN(CC)C(=O)OCc1cc(=O)oc2cc(N(CC(=O)O)CC(=O)O)ccc12. The summed E-state index contributed by atoms with van der Waals surface area (Å²) in [6.07, 6.45) is -0.512. The molecule has 2 N–H and O–H groups in total. The molecule has 0 saturated carbocycles. The molecule has 0 fully saturated rings. The van der Waals surface area contributed by atoms with Gasteiger partial charge in [-0.3, -0.25) is 9.59 Å². The molecule has 0 spiro atoms. The molecule has 0 aliphatic carbocycles. The van der Waals surface area contributed by atoms with E-state index in [9.17, 15) is 19.2 Å². The van der Waals surface area contributed by atoms with Crippen molar-refractivity contribution in [3.8, 4) is 0 Å². The minimum Gasteiger partial charge on any atom is -0.480 e. The highest BCUT2D eigenvalue weighted by Gasteiger charge is 2.17. The predicted octanol–water partition coefficient (Wildman–Crippen LogP) is 1.75. The lowest BCUT2D eigenvalue weighted by Gasteiger charge is -2.21. The minimum atomic E-state index is -1.20. The van der Waals surface area contributed by atoms with Crippen LogP contribution in [0.25, 0.3) is 11.0 Å². The van der Waals surface area contributed by atoms with Crippen LogP contribution in [0.15, 0.2) is 33.5 Å². The topological polar surface area (TPSA) is 138 Å². The molecule has 0 saturated heterocycles. The fourth-order valence-corrected chi connectivity index (χ4v) is 2.81. The van der Waals surface area contributed by atoms with Crippen LogP contribution in [0.3, 0.4) is 0 Å². The van der Waals surface area contributed by atoms with Gasteiger partial charge in [0, 0.05) is 41.9 Å². The molecule has 1 aromatic carbocycles. The third kappa shape index (κ3) is 5.71. The number of nitrogens with zero attached hydrogens (tertiary/aromatic N) is 2. The second-order valence-corrected chi connectivity index (χ2v) is 6.14. The molecule has 0 bridgehead atoms. The summed E-state index contributed by atoms with van der Waals surface area (Å²) < 4.78 is 10.4. The van der Waals surface area contributed by atoms with Crippen LogP contribution >= 0.6 is 0 Å². The highest BCUT2D eigenvalue weighted by Crippen LogP contribution is 2.24. The third-order valence-electron chi connectivity index (χ3n) is 4.20. The van der Waals surface area contributed by atoms with Crippen LogP contribution in [-0.4, -0.2) is 59.3 Å². The molecule has 1 aromatic heterocycles. The molecule has 0 aliphatic rings. The third-order valence-corrected chi connectivity index (χ3v) is 4.20. The number of fused-ring (bicyclic) bond motifs is 1. The molecular weight excluding hydrogens is 384 g/mol. The lowest BCUT2D eigenvalue weighted by molar-refractivity contribution is -0.136. The Morgan fingerprint density at radius 2 is 1.66 bits per heavy atom. The standard InChI is InChI=1S/C19H22N2O8/c1-3-20(4-2)19(27)28-11-12-7-18(26)29-15-8-13(5-6-14(12)15)21(9-16(22)23)10-17(24)25/h5-8H,3-4,9-11H2,1-2H3,(H,22,23)(H,24,25). The predicted molar refractivity (Wildman–Crippen MR) is 103 cm³/mol. The zero-order valence-electron chi connectivity index (χ0n) is 16.1.